The van der Waals surface area contributed by atoms with Crippen LogP contribution in [0.4, 0.5) is 5.69 Å². The summed E-state index contributed by atoms with van der Waals surface area (Å²) in [4.78, 5) is 2.55. The van der Waals surface area contributed by atoms with Crippen LogP contribution >= 0.6 is 11.8 Å². The topological polar surface area (TPSA) is 15.3 Å². The molecule has 0 saturated carbocycles. The Bertz CT molecular complexity index is 336. The van der Waals surface area contributed by atoms with Crippen molar-refractivity contribution in [1.82, 2.24) is 5.32 Å². The zero-order chi connectivity index (χ0) is 13.3. The highest BCUT2D eigenvalue weighted by atomic mass is 32.2. The van der Waals surface area contributed by atoms with Gasteiger partial charge in [-0.15, -0.1) is 0 Å². The fourth-order valence-corrected chi connectivity index (χ4v) is 3.47. The van der Waals surface area contributed by atoms with Gasteiger partial charge in [0.1, 0.15) is 0 Å². The molecule has 1 aliphatic heterocycles. The summed E-state index contributed by atoms with van der Waals surface area (Å²) in [7, 11) is 0. The molecule has 19 heavy (non-hydrogen) atoms. The lowest BCUT2D eigenvalue weighted by molar-refractivity contribution is 0.521. The Labute approximate surface area is 122 Å². The van der Waals surface area contributed by atoms with Crippen molar-refractivity contribution in [1.29, 1.82) is 0 Å². The number of nitrogens with one attached hydrogen (secondary N) is 1. The van der Waals surface area contributed by atoms with E-state index in [9.17, 15) is 0 Å². The van der Waals surface area contributed by atoms with Crippen molar-refractivity contribution in [2.45, 2.75) is 32.2 Å². The van der Waals surface area contributed by atoms with E-state index in [0.717, 1.165) is 0 Å². The van der Waals surface area contributed by atoms with Crippen LogP contribution in [0, 0.1) is 0 Å². The summed E-state index contributed by atoms with van der Waals surface area (Å²) >= 11 is 2.09. The lowest BCUT2D eigenvalue weighted by Crippen LogP contribution is -2.40. The number of unbranched alkanes of at least 4 members (excludes halogenated alkanes) is 1. The average Bonchev–Trinajstić information content (AvgIpc) is 2.49. The number of nitrogens with zero attached hydrogens (tertiary/aromatic N) is 1. The second-order valence-corrected chi connectivity index (χ2v) is 6.34. The standard InChI is InChI=1S/C16H26N2S/c1-2-3-11-18(16-7-5-4-6-8-16)12-9-15-14-19-13-10-17-15/h4-8,15,17H,2-3,9-14H2,1H3. The van der Waals surface area contributed by atoms with Crippen LogP contribution in [-0.4, -0.2) is 37.2 Å². The summed E-state index contributed by atoms with van der Waals surface area (Å²) in [5.74, 6) is 2.55. The Morgan fingerprint density at radius 1 is 1.26 bits per heavy atom. The molecule has 0 bridgehead atoms. The number of hydrogen-bond donors (Lipinski definition) is 1. The number of hydrogen-bond acceptors (Lipinski definition) is 3. The molecule has 1 aliphatic rings. The van der Waals surface area contributed by atoms with Crippen molar-refractivity contribution in [2.75, 3.05) is 36.0 Å². The molecule has 1 N–H and O–H groups in total. The van der Waals surface area contributed by atoms with Gasteiger partial charge in [0.15, 0.2) is 0 Å². The van der Waals surface area contributed by atoms with Crippen LogP contribution in [0.15, 0.2) is 30.3 Å². The van der Waals surface area contributed by atoms with Crippen LogP contribution < -0.4 is 10.2 Å². The fourth-order valence-electron chi connectivity index (χ4n) is 2.47. The van der Waals surface area contributed by atoms with Gasteiger partial charge in [-0.2, -0.15) is 11.8 Å². The number of rotatable bonds is 7. The second kappa shape index (κ2) is 8.49. The minimum absolute atomic E-state index is 0.701. The predicted molar refractivity (Wildman–Crippen MR) is 87.3 cm³/mol. The van der Waals surface area contributed by atoms with Gasteiger partial charge in [-0.05, 0) is 25.0 Å². The smallest absolute Gasteiger partial charge is 0.0366 e. The van der Waals surface area contributed by atoms with Gasteiger partial charge in [-0.3, -0.25) is 0 Å². The summed E-state index contributed by atoms with van der Waals surface area (Å²) < 4.78 is 0. The van der Waals surface area contributed by atoms with Crippen molar-refractivity contribution in [2.24, 2.45) is 0 Å². The molecule has 0 radical (unpaired) electrons. The maximum Gasteiger partial charge on any atom is 0.0366 e. The van der Waals surface area contributed by atoms with E-state index in [1.807, 2.05) is 0 Å². The zero-order valence-corrected chi connectivity index (χ0v) is 12.8. The molecular formula is C16H26N2S. The number of thioether (sulfide) groups is 1. The van der Waals surface area contributed by atoms with E-state index in [2.05, 4.69) is 59.2 Å². The predicted octanol–water partition coefficient (Wildman–Crippen LogP) is 3.39. The molecular weight excluding hydrogens is 252 g/mol. The van der Waals surface area contributed by atoms with Gasteiger partial charge in [-0.1, -0.05) is 31.5 Å². The number of para-hydroxylation sites is 1. The van der Waals surface area contributed by atoms with Crippen LogP contribution in [0.1, 0.15) is 26.2 Å². The van der Waals surface area contributed by atoms with E-state index in [1.54, 1.807) is 0 Å². The molecule has 1 heterocycles. The van der Waals surface area contributed by atoms with E-state index in [0.29, 0.717) is 6.04 Å². The molecule has 106 valence electrons. The lowest BCUT2D eigenvalue weighted by Gasteiger charge is -2.29. The Morgan fingerprint density at radius 3 is 2.79 bits per heavy atom. The molecule has 0 aliphatic carbocycles. The maximum absolute atomic E-state index is 3.63. The first-order valence-corrected chi connectivity index (χ1v) is 8.66. The highest BCUT2D eigenvalue weighted by molar-refractivity contribution is 7.99. The van der Waals surface area contributed by atoms with Crippen molar-refractivity contribution < 1.29 is 0 Å². The first-order chi connectivity index (χ1) is 9.40. The maximum atomic E-state index is 3.63. The van der Waals surface area contributed by atoms with Crippen LogP contribution in [-0.2, 0) is 0 Å². The fraction of sp³-hybridized carbons (Fsp3) is 0.625. The Kier molecular flexibility index (Phi) is 6.58. The Morgan fingerprint density at radius 2 is 2.11 bits per heavy atom. The van der Waals surface area contributed by atoms with Gasteiger partial charge >= 0.3 is 0 Å². The minimum atomic E-state index is 0.701. The molecule has 3 heteroatoms. The Hall–Kier alpha value is -0.670. The van der Waals surface area contributed by atoms with Crippen LogP contribution in [0.5, 0.6) is 0 Å². The summed E-state index contributed by atoms with van der Waals surface area (Å²) in [6.07, 6.45) is 3.80. The molecule has 0 spiro atoms. The van der Waals surface area contributed by atoms with Crippen molar-refractivity contribution in [3.05, 3.63) is 30.3 Å². The molecule has 0 aromatic heterocycles. The molecule has 1 aromatic carbocycles. The molecule has 2 nitrogen and oxygen atoms in total. The number of anilines is 1. The van der Waals surface area contributed by atoms with Crippen LogP contribution in [0.2, 0.25) is 0 Å². The molecule has 1 unspecified atom stereocenters. The van der Waals surface area contributed by atoms with E-state index >= 15 is 0 Å². The Balaban J connectivity index is 1.86. The van der Waals surface area contributed by atoms with E-state index in [4.69, 9.17) is 0 Å². The first-order valence-electron chi connectivity index (χ1n) is 7.51. The van der Waals surface area contributed by atoms with E-state index in [-0.39, 0.29) is 0 Å². The summed E-state index contributed by atoms with van der Waals surface area (Å²) in [6.45, 7) is 5.79. The monoisotopic (exact) mass is 278 g/mol. The highest BCUT2D eigenvalue weighted by Gasteiger charge is 2.14. The van der Waals surface area contributed by atoms with Crippen molar-refractivity contribution in [3.63, 3.8) is 0 Å². The molecule has 1 fully saturated rings. The first kappa shape index (κ1) is 14.7. The lowest BCUT2D eigenvalue weighted by atomic mass is 10.2. The zero-order valence-electron chi connectivity index (χ0n) is 12.0. The number of benzene rings is 1. The SMILES string of the molecule is CCCCN(CCC1CSCCN1)c1ccccc1. The van der Waals surface area contributed by atoms with Crippen molar-refractivity contribution in [3.8, 4) is 0 Å². The third kappa shape index (κ3) is 5.07. The van der Waals surface area contributed by atoms with Gasteiger partial charge in [0.2, 0.25) is 0 Å². The van der Waals surface area contributed by atoms with E-state index in [1.165, 1.54) is 56.1 Å². The average molecular weight is 278 g/mol. The highest BCUT2D eigenvalue weighted by Crippen LogP contribution is 2.17. The van der Waals surface area contributed by atoms with Crippen molar-refractivity contribution >= 4 is 17.4 Å². The van der Waals surface area contributed by atoms with Crippen LogP contribution in [0.3, 0.4) is 0 Å². The molecule has 1 aromatic rings. The molecule has 1 atom stereocenters. The molecule has 2 rings (SSSR count). The van der Waals surface area contributed by atoms with Gasteiger partial charge in [0.25, 0.3) is 0 Å². The van der Waals surface area contributed by atoms with Gasteiger partial charge in [0.05, 0.1) is 0 Å². The summed E-state index contributed by atoms with van der Waals surface area (Å²) in [6, 6.07) is 11.6. The molecule has 1 saturated heterocycles. The quantitative estimate of drug-likeness (QED) is 0.823. The summed E-state index contributed by atoms with van der Waals surface area (Å²) in [5.41, 5.74) is 1.37. The second-order valence-electron chi connectivity index (χ2n) is 5.19. The van der Waals surface area contributed by atoms with Gasteiger partial charge in [0, 0.05) is 42.9 Å². The third-order valence-electron chi connectivity index (χ3n) is 3.65. The molecule has 0 amide bonds. The summed E-state index contributed by atoms with van der Waals surface area (Å²) in [5, 5.41) is 3.63. The van der Waals surface area contributed by atoms with Crippen LogP contribution in [0.25, 0.3) is 0 Å². The van der Waals surface area contributed by atoms with Gasteiger partial charge < -0.3 is 10.2 Å². The van der Waals surface area contributed by atoms with Gasteiger partial charge in [-0.25, -0.2) is 0 Å². The third-order valence-corrected chi connectivity index (χ3v) is 4.78. The largest absolute Gasteiger partial charge is 0.371 e. The minimum Gasteiger partial charge on any atom is -0.371 e. The van der Waals surface area contributed by atoms with E-state index < -0.39 is 0 Å². The normalized spacial score (nSPS) is 19.3.